The minimum Gasteiger partial charge on any atom is -0.457 e. The highest BCUT2D eigenvalue weighted by atomic mass is 16.5. The zero-order valence-corrected chi connectivity index (χ0v) is 12.3. The van der Waals surface area contributed by atoms with Gasteiger partial charge in [-0.25, -0.2) is 4.79 Å². The maximum absolute atomic E-state index is 11.7. The fraction of sp³-hybridized carbons (Fsp3) is 0.250. The van der Waals surface area contributed by atoms with Crippen LogP contribution in [0.1, 0.15) is 24.5 Å². The molecule has 0 radical (unpaired) electrons. The number of ether oxygens (including phenoxy) is 1. The van der Waals surface area contributed by atoms with Gasteiger partial charge in [-0.15, -0.1) is 0 Å². The standard InChI is InChI=1S/C16H14N2O4/c1-3-22-16(21)15(18-17)14(20)10-13(19)9-8-12-6-4-11(2)5-7-12/h4-7H,3,10H2,1-2H3. The highest BCUT2D eigenvalue weighted by Gasteiger charge is 2.31. The van der Waals surface area contributed by atoms with Crippen molar-refractivity contribution in [3.05, 3.63) is 40.9 Å². The molecule has 1 aromatic carbocycles. The summed E-state index contributed by atoms with van der Waals surface area (Å²) in [6.07, 6.45) is -0.656. The molecular formula is C16H14N2O4. The Morgan fingerprint density at radius 3 is 2.41 bits per heavy atom. The lowest BCUT2D eigenvalue weighted by Gasteiger charge is -1.95. The lowest BCUT2D eigenvalue weighted by molar-refractivity contribution is -0.141. The van der Waals surface area contributed by atoms with Gasteiger partial charge in [-0.3, -0.25) is 9.59 Å². The Labute approximate surface area is 127 Å². The number of rotatable bonds is 5. The quantitative estimate of drug-likeness (QED) is 0.203. The molecule has 1 rings (SSSR count). The first-order chi connectivity index (χ1) is 10.5. The van der Waals surface area contributed by atoms with E-state index in [0.29, 0.717) is 5.56 Å². The van der Waals surface area contributed by atoms with Crippen LogP contribution in [0.2, 0.25) is 0 Å². The number of hydrogen-bond donors (Lipinski definition) is 0. The van der Waals surface area contributed by atoms with Crippen molar-refractivity contribution in [3.63, 3.8) is 0 Å². The Morgan fingerprint density at radius 1 is 1.23 bits per heavy atom. The van der Waals surface area contributed by atoms with Crippen molar-refractivity contribution < 1.29 is 23.9 Å². The van der Waals surface area contributed by atoms with E-state index in [0.717, 1.165) is 5.56 Å². The average molecular weight is 298 g/mol. The predicted octanol–water partition coefficient (Wildman–Crippen LogP) is 1.11. The normalized spacial score (nSPS) is 9.00. The largest absolute Gasteiger partial charge is 0.457 e. The van der Waals surface area contributed by atoms with E-state index in [1.165, 1.54) is 6.92 Å². The number of nitrogens with zero attached hydrogens (tertiary/aromatic N) is 2. The molecule has 1 aromatic rings. The number of Topliss-reactive ketones (excluding diaryl/α,β-unsaturated/α-hetero) is 2. The number of esters is 1. The third-order valence-corrected chi connectivity index (χ3v) is 2.55. The minimum absolute atomic E-state index is 0.0201. The third kappa shape index (κ3) is 5.16. The summed E-state index contributed by atoms with van der Waals surface area (Å²) in [7, 11) is 0. The summed E-state index contributed by atoms with van der Waals surface area (Å²) in [5.74, 6) is 2.22. The number of benzene rings is 1. The molecule has 0 unspecified atom stereocenters. The summed E-state index contributed by atoms with van der Waals surface area (Å²) in [5.41, 5.74) is 9.54. The van der Waals surface area contributed by atoms with Gasteiger partial charge in [0.15, 0.2) is 0 Å². The molecule has 22 heavy (non-hydrogen) atoms. The number of ketones is 2. The molecule has 0 bridgehead atoms. The molecule has 0 heterocycles. The van der Waals surface area contributed by atoms with Crippen molar-refractivity contribution in [1.29, 1.82) is 0 Å². The van der Waals surface area contributed by atoms with Gasteiger partial charge in [0.1, 0.15) is 0 Å². The van der Waals surface area contributed by atoms with Crippen LogP contribution in [0, 0.1) is 18.8 Å². The summed E-state index contributed by atoms with van der Waals surface area (Å²) >= 11 is 0. The second kappa shape index (κ2) is 8.30. The van der Waals surface area contributed by atoms with Crippen LogP contribution in [0.3, 0.4) is 0 Å². The lowest BCUT2D eigenvalue weighted by atomic mass is 10.1. The van der Waals surface area contributed by atoms with Crippen LogP contribution < -0.4 is 0 Å². The van der Waals surface area contributed by atoms with Gasteiger partial charge in [0.25, 0.3) is 5.78 Å². The van der Waals surface area contributed by atoms with Crippen LogP contribution in [-0.4, -0.2) is 34.6 Å². The molecule has 0 spiro atoms. The fourth-order valence-corrected chi connectivity index (χ4v) is 1.46. The maximum Gasteiger partial charge on any atom is 0.441 e. The van der Waals surface area contributed by atoms with E-state index >= 15 is 0 Å². The Balaban J connectivity index is 2.73. The molecule has 0 saturated heterocycles. The number of carbonyl (C=O) groups excluding carboxylic acids is 3. The molecule has 6 heteroatoms. The van der Waals surface area contributed by atoms with Crippen molar-refractivity contribution in [3.8, 4) is 11.8 Å². The Bertz CT molecular complexity index is 702. The molecule has 0 aliphatic rings. The molecule has 0 atom stereocenters. The molecule has 0 N–H and O–H groups in total. The summed E-state index contributed by atoms with van der Waals surface area (Å²) in [4.78, 5) is 37.2. The molecule has 0 fully saturated rings. The summed E-state index contributed by atoms with van der Waals surface area (Å²) in [5, 5.41) is 0. The summed E-state index contributed by atoms with van der Waals surface area (Å²) in [6, 6.07) is 7.18. The molecule has 6 nitrogen and oxygen atoms in total. The topological polar surface area (TPSA) is 96.8 Å². The van der Waals surface area contributed by atoms with Gasteiger partial charge >= 0.3 is 11.7 Å². The van der Waals surface area contributed by atoms with Gasteiger partial charge < -0.3 is 10.3 Å². The second-order valence-corrected chi connectivity index (χ2v) is 4.31. The van der Waals surface area contributed by atoms with E-state index < -0.39 is 29.7 Å². The highest BCUT2D eigenvalue weighted by Crippen LogP contribution is 2.01. The van der Waals surface area contributed by atoms with Crippen molar-refractivity contribution in [2.45, 2.75) is 20.3 Å². The van der Waals surface area contributed by atoms with E-state index in [1.54, 1.807) is 12.1 Å². The smallest absolute Gasteiger partial charge is 0.441 e. The van der Waals surface area contributed by atoms with Crippen molar-refractivity contribution in [2.24, 2.45) is 0 Å². The zero-order valence-electron chi connectivity index (χ0n) is 12.3. The van der Waals surface area contributed by atoms with Crippen LogP contribution in [0.5, 0.6) is 0 Å². The van der Waals surface area contributed by atoms with Crippen molar-refractivity contribution in [1.82, 2.24) is 0 Å². The lowest BCUT2D eigenvalue weighted by Crippen LogP contribution is -2.28. The summed E-state index contributed by atoms with van der Waals surface area (Å²) < 4.78 is 4.54. The minimum atomic E-state index is -1.07. The molecule has 0 aromatic heterocycles. The third-order valence-electron chi connectivity index (χ3n) is 2.55. The molecule has 0 amide bonds. The monoisotopic (exact) mass is 298 g/mol. The first kappa shape index (κ1) is 17.0. The molecule has 0 aliphatic heterocycles. The van der Waals surface area contributed by atoms with Crippen LogP contribution in [-0.2, 0) is 19.1 Å². The van der Waals surface area contributed by atoms with Gasteiger partial charge in [0, 0.05) is 5.56 Å². The SMILES string of the molecule is CCOC(=O)C(=[N+]=[N-])C(=O)CC(=O)C#Cc1ccc(C)cc1. The number of carbonyl (C=O) groups is 3. The van der Waals surface area contributed by atoms with Gasteiger partial charge in [-0.2, -0.15) is 4.79 Å². The molecule has 0 aliphatic carbocycles. The van der Waals surface area contributed by atoms with Crippen molar-refractivity contribution >= 4 is 23.2 Å². The van der Waals surface area contributed by atoms with Gasteiger partial charge in [0.05, 0.1) is 13.0 Å². The molecule has 112 valence electrons. The van der Waals surface area contributed by atoms with Crippen LogP contribution in [0.25, 0.3) is 5.53 Å². The van der Waals surface area contributed by atoms with Crippen LogP contribution in [0.15, 0.2) is 24.3 Å². The van der Waals surface area contributed by atoms with Gasteiger partial charge in [-0.05, 0) is 31.9 Å². The maximum atomic E-state index is 11.7. The van der Waals surface area contributed by atoms with Gasteiger partial charge in [-0.1, -0.05) is 23.6 Å². The Kier molecular flexibility index (Phi) is 6.42. The molecule has 0 saturated carbocycles. The van der Waals surface area contributed by atoms with Gasteiger partial charge in [0.2, 0.25) is 5.78 Å². The Morgan fingerprint density at radius 2 is 1.86 bits per heavy atom. The van der Waals surface area contributed by atoms with E-state index in [2.05, 4.69) is 21.4 Å². The van der Waals surface area contributed by atoms with Crippen LogP contribution in [0.4, 0.5) is 0 Å². The van der Waals surface area contributed by atoms with Crippen LogP contribution >= 0.6 is 0 Å². The Hall–Kier alpha value is -3.03. The highest BCUT2D eigenvalue weighted by molar-refractivity contribution is 6.63. The molecular weight excluding hydrogens is 284 g/mol. The van der Waals surface area contributed by atoms with E-state index in [4.69, 9.17) is 5.53 Å². The van der Waals surface area contributed by atoms with E-state index in [1.807, 2.05) is 19.1 Å². The van der Waals surface area contributed by atoms with E-state index in [-0.39, 0.29) is 6.61 Å². The average Bonchev–Trinajstić information content (AvgIpc) is 2.47. The number of aryl methyl sites for hydroxylation is 1. The first-order valence-corrected chi connectivity index (χ1v) is 6.51. The zero-order chi connectivity index (χ0) is 16.5. The second-order valence-electron chi connectivity index (χ2n) is 4.31. The van der Waals surface area contributed by atoms with E-state index in [9.17, 15) is 14.4 Å². The number of hydrogen-bond acceptors (Lipinski definition) is 4. The first-order valence-electron chi connectivity index (χ1n) is 6.51. The predicted molar refractivity (Wildman–Crippen MR) is 77.9 cm³/mol. The van der Waals surface area contributed by atoms with Crippen molar-refractivity contribution in [2.75, 3.05) is 6.61 Å². The summed E-state index contributed by atoms with van der Waals surface area (Å²) in [6.45, 7) is 3.48. The fourth-order valence-electron chi connectivity index (χ4n) is 1.46.